The fraction of sp³-hybridized carbons (Fsp3) is 1.00. The average Bonchev–Trinajstić information content (AvgIpc) is 2.25. The van der Waals surface area contributed by atoms with Crippen molar-refractivity contribution in [3.8, 4) is 0 Å². The highest BCUT2D eigenvalue weighted by molar-refractivity contribution is 4.74. The molecule has 1 aliphatic rings. The van der Waals surface area contributed by atoms with E-state index < -0.39 is 0 Å². The lowest BCUT2D eigenvalue weighted by molar-refractivity contribution is -0.103. The number of rotatable bonds is 7. The molecule has 18 heavy (non-hydrogen) atoms. The maximum Gasteiger partial charge on any atom is 0.0624 e. The van der Waals surface area contributed by atoms with Gasteiger partial charge in [-0.15, -0.1) is 0 Å². The molecule has 0 aromatic rings. The van der Waals surface area contributed by atoms with E-state index in [0.717, 1.165) is 19.3 Å². The van der Waals surface area contributed by atoms with Crippen molar-refractivity contribution in [1.82, 2.24) is 5.32 Å². The summed E-state index contributed by atoms with van der Waals surface area (Å²) in [5.74, 6) is 0. The van der Waals surface area contributed by atoms with Gasteiger partial charge in [0, 0.05) is 18.7 Å². The molecule has 1 heterocycles. The molecule has 0 spiro atoms. The zero-order chi connectivity index (χ0) is 13.5. The molecule has 4 heteroatoms. The van der Waals surface area contributed by atoms with E-state index in [0.29, 0.717) is 31.0 Å². The molecule has 1 saturated heterocycles. The van der Waals surface area contributed by atoms with Crippen molar-refractivity contribution in [2.75, 3.05) is 13.2 Å². The van der Waals surface area contributed by atoms with Crippen molar-refractivity contribution >= 4 is 0 Å². The van der Waals surface area contributed by atoms with Crippen molar-refractivity contribution in [1.29, 1.82) is 0 Å². The quantitative estimate of drug-likeness (QED) is 0.731. The van der Waals surface area contributed by atoms with Gasteiger partial charge in [0.25, 0.3) is 0 Å². The second-order valence-electron chi connectivity index (χ2n) is 5.71. The molecule has 0 aliphatic carbocycles. The molecule has 0 bridgehead atoms. The van der Waals surface area contributed by atoms with Gasteiger partial charge in [0.1, 0.15) is 0 Å². The molecule has 0 radical (unpaired) electrons. The smallest absolute Gasteiger partial charge is 0.0624 e. The largest absolute Gasteiger partial charge is 0.395 e. The van der Waals surface area contributed by atoms with E-state index in [2.05, 4.69) is 33.0 Å². The Kier molecular flexibility index (Phi) is 7.15. The SMILES string of the molecule is CC(C)NC(CO)CCOC1CC(C)OC(C)C1. The third-order valence-corrected chi connectivity index (χ3v) is 3.26. The number of aliphatic hydroxyl groups excluding tert-OH is 1. The maximum atomic E-state index is 9.26. The Bertz CT molecular complexity index is 213. The van der Waals surface area contributed by atoms with Crippen LogP contribution in [0.25, 0.3) is 0 Å². The molecule has 0 amide bonds. The van der Waals surface area contributed by atoms with Crippen LogP contribution < -0.4 is 5.32 Å². The molecule has 2 N–H and O–H groups in total. The second-order valence-corrected chi connectivity index (χ2v) is 5.71. The van der Waals surface area contributed by atoms with Crippen LogP contribution in [0.5, 0.6) is 0 Å². The van der Waals surface area contributed by atoms with Gasteiger partial charge in [0.15, 0.2) is 0 Å². The van der Waals surface area contributed by atoms with E-state index in [-0.39, 0.29) is 12.6 Å². The van der Waals surface area contributed by atoms with Crippen LogP contribution >= 0.6 is 0 Å². The van der Waals surface area contributed by atoms with Crippen LogP contribution in [0.3, 0.4) is 0 Å². The van der Waals surface area contributed by atoms with Gasteiger partial charge in [0.2, 0.25) is 0 Å². The molecule has 1 aliphatic heterocycles. The summed E-state index contributed by atoms with van der Waals surface area (Å²) in [5.41, 5.74) is 0. The molecule has 1 rings (SSSR count). The van der Waals surface area contributed by atoms with Crippen LogP contribution in [0.4, 0.5) is 0 Å². The third kappa shape index (κ3) is 6.14. The van der Waals surface area contributed by atoms with Crippen molar-refractivity contribution in [2.24, 2.45) is 0 Å². The van der Waals surface area contributed by atoms with Gasteiger partial charge in [-0.25, -0.2) is 0 Å². The molecule has 3 atom stereocenters. The van der Waals surface area contributed by atoms with Gasteiger partial charge in [-0.05, 0) is 33.1 Å². The fourth-order valence-corrected chi connectivity index (χ4v) is 2.56. The first kappa shape index (κ1) is 15.9. The van der Waals surface area contributed by atoms with Crippen molar-refractivity contribution in [2.45, 2.75) is 77.4 Å². The first-order valence-corrected chi connectivity index (χ1v) is 7.15. The molecule has 4 nitrogen and oxygen atoms in total. The molecule has 108 valence electrons. The van der Waals surface area contributed by atoms with Gasteiger partial charge in [0.05, 0.1) is 24.9 Å². The summed E-state index contributed by atoms with van der Waals surface area (Å²) in [6.45, 7) is 9.25. The van der Waals surface area contributed by atoms with Crippen LogP contribution in [0.1, 0.15) is 47.0 Å². The fourth-order valence-electron chi connectivity index (χ4n) is 2.56. The second kappa shape index (κ2) is 8.10. The van der Waals surface area contributed by atoms with Crippen molar-refractivity contribution in [3.05, 3.63) is 0 Å². The monoisotopic (exact) mass is 259 g/mol. The van der Waals surface area contributed by atoms with Crippen LogP contribution in [0.2, 0.25) is 0 Å². The Morgan fingerprint density at radius 3 is 2.39 bits per heavy atom. The lowest BCUT2D eigenvalue weighted by Gasteiger charge is -2.32. The summed E-state index contributed by atoms with van der Waals surface area (Å²) in [6, 6.07) is 0.532. The molecule has 3 unspecified atom stereocenters. The Morgan fingerprint density at radius 1 is 1.28 bits per heavy atom. The van der Waals surface area contributed by atoms with Crippen molar-refractivity contribution < 1.29 is 14.6 Å². The van der Waals surface area contributed by atoms with Gasteiger partial charge in [-0.2, -0.15) is 0 Å². The third-order valence-electron chi connectivity index (χ3n) is 3.26. The number of hydrogen-bond acceptors (Lipinski definition) is 4. The summed E-state index contributed by atoms with van der Waals surface area (Å²) in [4.78, 5) is 0. The molecular weight excluding hydrogens is 230 g/mol. The highest BCUT2D eigenvalue weighted by atomic mass is 16.5. The minimum Gasteiger partial charge on any atom is -0.395 e. The average molecular weight is 259 g/mol. The predicted molar refractivity (Wildman–Crippen MR) is 72.7 cm³/mol. The molecule has 0 saturated carbocycles. The molecule has 0 aromatic heterocycles. The minimum absolute atomic E-state index is 0.139. The van der Waals surface area contributed by atoms with E-state index in [1.165, 1.54) is 0 Å². The van der Waals surface area contributed by atoms with Gasteiger partial charge >= 0.3 is 0 Å². The number of nitrogens with one attached hydrogen (secondary N) is 1. The Hall–Kier alpha value is -0.160. The van der Waals surface area contributed by atoms with Crippen LogP contribution in [0, 0.1) is 0 Å². The first-order chi connectivity index (χ1) is 8.51. The first-order valence-electron chi connectivity index (χ1n) is 7.15. The summed E-state index contributed by atoms with van der Waals surface area (Å²) in [5, 5.41) is 12.6. The lowest BCUT2D eigenvalue weighted by Crippen LogP contribution is -2.39. The molecule has 0 aromatic carbocycles. The Morgan fingerprint density at radius 2 is 1.89 bits per heavy atom. The molecular formula is C14H29NO3. The van der Waals surface area contributed by atoms with E-state index in [1.54, 1.807) is 0 Å². The van der Waals surface area contributed by atoms with E-state index in [4.69, 9.17) is 9.47 Å². The number of ether oxygens (including phenoxy) is 2. The highest BCUT2D eigenvalue weighted by Crippen LogP contribution is 2.21. The maximum absolute atomic E-state index is 9.26. The molecule has 1 fully saturated rings. The van der Waals surface area contributed by atoms with E-state index in [9.17, 15) is 5.11 Å². The number of hydrogen-bond donors (Lipinski definition) is 2. The van der Waals surface area contributed by atoms with E-state index in [1.807, 2.05) is 0 Å². The summed E-state index contributed by atoms with van der Waals surface area (Å²) >= 11 is 0. The van der Waals surface area contributed by atoms with Crippen molar-refractivity contribution in [3.63, 3.8) is 0 Å². The van der Waals surface area contributed by atoms with Gasteiger partial charge < -0.3 is 19.9 Å². The Labute approximate surface area is 111 Å². The van der Waals surface area contributed by atoms with Gasteiger partial charge in [-0.3, -0.25) is 0 Å². The van der Waals surface area contributed by atoms with E-state index >= 15 is 0 Å². The predicted octanol–water partition coefficient (Wildman–Crippen LogP) is 1.71. The minimum atomic E-state index is 0.139. The van der Waals surface area contributed by atoms with Crippen LogP contribution in [-0.2, 0) is 9.47 Å². The highest BCUT2D eigenvalue weighted by Gasteiger charge is 2.24. The Balaban J connectivity index is 2.19. The number of aliphatic hydroxyl groups is 1. The van der Waals surface area contributed by atoms with Crippen LogP contribution in [0.15, 0.2) is 0 Å². The van der Waals surface area contributed by atoms with Crippen LogP contribution in [-0.4, -0.2) is 48.7 Å². The zero-order valence-corrected chi connectivity index (χ0v) is 12.2. The zero-order valence-electron chi connectivity index (χ0n) is 12.2. The van der Waals surface area contributed by atoms with Gasteiger partial charge in [-0.1, -0.05) is 13.8 Å². The normalized spacial score (nSPS) is 30.7. The summed E-state index contributed by atoms with van der Waals surface area (Å²) < 4.78 is 11.6. The topological polar surface area (TPSA) is 50.7 Å². The summed E-state index contributed by atoms with van der Waals surface area (Å²) in [7, 11) is 0. The standard InChI is InChI=1S/C14H29NO3/c1-10(2)15-13(9-16)5-6-17-14-7-11(3)18-12(4)8-14/h10-16H,5-9H2,1-4H3. The summed E-state index contributed by atoms with van der Waals surface area (Å²) in [6.07, 6.45) is 3.70. The lowest BCUT2D eigenvalue weighted by atomic mass is 10.0.